The number of rotatable bonds is 9. The normalized spacial score (nSPS) is 21.0. The lowest BCUT2D eigenvalue weighted by atomic mass is 9.98. The third kappa shape index (κ3) is 4.99. The zero-order valence-corrected chi connectivity index (χ0v) is 20.5. The maximum Gasteiger partial charge on any atom is 0.336 e. The number of aliphatic hydroxyl groups is 2. The summed E-state index contributed by atoms with van der Waals surface area (Å²) in [4.78, 5) is 36.5. The SMILES string of the molecule is Cc1ncnc2c1ncn2[C@@H]1O[C@H](COc2ccc(CCC(=O)c3ccccc3C(=O)O)cc2)[C@@H](O)[C@H]1O. The van der Waals surface area contributed by atoms with Gasteiger partial charge in [0.05, 0.1) is 17.6 Å². The van der Waals surface area contributed by atoms with Crippen LogP contribution >= 0.6 is 0 Å². The highest BCUT2D eigenvalue weighted by Gasteiger charge is 2.44. The van der Waals surface area contributed by atoms with Gasteiger partial charge in [-0.15, -0.1) is 0 Å². The zero-order chi connectivity index (χ0) is 26.8. The van der Waals surface area contributed by atoms with E-state index in [9.17, 15) is 24.9 Å². The van der Waals surface area contributed by atoms with Crippen molar-refractivity contribution in [3.05, 3.63) is 83.6 Å². The molecule has 11 heteroatoms. The monoisotopic (exact) mass is 518 g/mol. The van der Waals surface area contributed by atoms with Crippen LogP contribution in [0.4, 0.5) is 0 Å². The molecular formula is C27H26N4O7. The predicted molar refractivity (Wildman–Crippen MR) is 134 cm³/mol. The number of aliphatic hydroxyl groups excluding tert-OH is 2. The fraction of sp³-hybridized carbons (Fsp3) is 0.296. The first-order valence-electron chi connectivity index (χ1n) is 12.1. The number of carboxylic acids is 1. The summed E-state index contributed by atoms with van der Waals surface area (Å²) >= 11 is 0. The van der Waals surface area contributed by atoms with Gasteiger partial charge >= 0.3 is 5.97 Å². The number of aromatic nitrogens is 4. The summed E-state index contributed by atoms with van der Waals surface area (Å²) < 4.78 is 13.3. The number of hydrogen-bond acceptors (Lipinski definition) is 9. The summed E-state index contributed by atoms with van der Waals surface area (Å²) in [7, 11) is 0. The second-order valence-corrected chi connectivity index (χ2v) is 9.06. The topological polar surface area (TPSA) is 157 Å². The van der Waals surface area contributed by atoms with Crippen molar-refractivity contribution in [2.24, 2.45) is 0 Å². The van der Waals surface area contributed by atoms with Crippen LogP contribution in [-0.4, -0.2) is 71.5 Å². The van der Waals surface area contributed by atoms with E-state index in [4.69, 9.17) is 9.47 Å². The first kappa shape index (κ1) is 25.5. The fourth-order valence-corrected chi connectivity index (χ4v) is 4.49. The molecule has 38 heavy (non-hydrogen) atoms. The lowest BCUT2D eigenvalue weighted by Crippen LogP contribution is -2.34. The van der Waals surface area contributed by atoms with Crippen molar-refractivity contribution in [2.45, 2.75) is 44.3 Å². The molecule has 4 atom stereocenters. The molecule has 196 valence electrons. The van der Waals surface area contributed by atoms with E-state index in [1.54, 1.807) is 35.8 Å². The highest BCUT2D eigenvalue weighted by molar-refractivity contribution is 6.05. The van der Waals surface area contributed by atoms with Crippen LogP contribution < -0.4 is 4.74 Å². The molecule has 0 unspecified atom stereocenters. The van der Waals surface area contributed by atoms with Crippen LogP contribution in [0.3, 0.4) is 0 Å². The summed E-state index contributed by atoms with van der Waals surface area (Å²) in [6, 6.07) is 13.3. The van der Waals surface area contributed by atoms with Crippen molar-refractivity contribution in [1.82, 2.24) is 19.5 Å². The number of Topliss-reactive ketones (excluding diaryl/α,β-unsaturated/α-hetero) is 1. The van der Waals surface area contributed by atoms with E-state index < -0.39 is 30.5 Å². The Morgan fingerprint density at radius 1 is 1.00 bits per heavy atom. The maximum atomic E-state index is 12.6. The number of ether oxygens (including phenoxy) is 2. The molecule has 0 radical (unpaired) electrons. The Morgan fingerprint density at radius 2 is 1.74 bits per heavy atom. The molecule has 1 fully saturated rings. The number of hydrogen-bond donors (Lipinski definition) is 3. The van der Waals surface area contributed by atoms with Gasteiger partial charge in [0.1, 0.15) is 42.5 Å². The third-order valence-corrected chi connectivity index (χ3v) is 6.59. The Morgan fingerprint density at radius 3 is 2.47 bits per heavy atom. The molecule has 0 spiro atoms. The number of fused-ring (bicyclic) bond motifs is 1. The molecular weight excluding hydrogens is 492 g/mol. The standard InChI is InChI=1S/C27H26N4O7/c1-15-22-25(29-13-28-15)31(14-30-22)26-24(34)23(33)21(38-26)12-37-17-9-6-16(7-10-17)8-11-20(32)18-4-2-3-5-19(18)27(35)36/h2-7,9-10,13-14,21,23-24,26,33-34H,8,11-12H2,1H3,(H,35,36)/t21-,23-,24-,26-/m1/s1. The summed E-state index contributed by atoms with van der Waals surface area (Å²) in [6.07, 6.45) is -0.553. The predicted octanol–water partition coefficient (Wildman–Crippen LogP) is 2.35. The van der Waals surface area contributed by atoms with Crippen molar-refractivity contribution in [1.29, 1.82) is 0 Å². The molecule has 0 saturated carbocycles. The van der Waals surface area contributed by atoms with Crippen LogP contribution in [0, 0.1) is 6.92 Å². The van der Waals surface area contributed by atoms with Crippen LogP contribution in [0.1, 0.15) is 44.6 Å². The summed E-state index contributed by atoms with van der Waals surface area (Å²) in [5.41, 5.74) is 2.85. The minimum Gasteiger partial charge on any atom is -0.491 e. The number of imidazole rings is 1. The van der Waals surface area contributed by atoms with Gasteiger partial charge in [-0.1, -0.05) is 30.3 Å². The van der Waals surface area contributed by atoms with Gasteiger partial charge in [0.2, 0.25) is 0 Å². The Labute approximate surface area is 217 Å². The molecule has 1 aliphatic heterocycles. The summed E-state index contributed by atoms with van der Waals surface area (Å²) in [5, 5.41) is 30.5. The minimum absolute atomic E-state index is 0.000820. The van der Waals surface area contributed by atoms with Crippen LogP contribution in [0.15, 0.2) is 61.2 Å². The second kappa shape index (κ2) is 10.7. The van der Waals surface area contributed by atoms with E-state index in [1.165, 1.54) is 24.8 Å². The lowest BCUT2D eigenvalue weighted by molar-refractivity contribution is -0.0474. The van der Waals surface area contributed by atoms with Gasteiger partial charge in [-0.2, -0.15) is 0 Å². The van der Waals surface area contributed by atoms with Gasteiger partial charge in [-0.25, -0.2) is 19.7 Å². The lowest BCUT2D eigenvalue weighted by Gasteiger charge is -2.16. The van der Waals surface area contributed by atoms with Gasteiger partial charge in [0.25, 0.3) is 0 Å². The van der Waals surface area contributed by atoms with Crippen LogP contribution in [0.5, 0.6) is 5.75 Å². The van der Waals surface area contributed by atoms with Crippen molar-refractivity contribution in [3.8, 4) is 5.75 Å². The summed E-state index contributed by atoms with van der Waals surface area (Å²) in [6.45, 7) is 1.81. The number of ketones is 1. The van der Waals surface area contributed by atoms with Gasteiger partial charge in [-0.05, 0) is 37.1 Å². The fourth-order valence-electron chi connectivity index (χ4n) is 4.49. The molecule has 0 amide bonds. The molecule has 2 aromatic carbocycles. The van der Waals surface area contributed by atoms with E-state index in [0.29, 0.717) is 29.0 Å². The second-order valence-electron chi connectivity index (χ2n) is 9.06. The van der Waals surface area contributed by atoms with E-state index in [1.807, 2.05) is 12.1 Å². The van der Waals surface area contributed by atoms with Crippen LogP contribution in [0.2, 0.25) is 0 Å². The molecule has 11 nitrogen and oxygen atoms in total. The van der Waals surface area contributed by atoms with Crippen LogP contribution in [-0.2, 0) is 11.2 Å². The van der Waals surface area contributed by atoms with E-state index in [-0.39, 0.29) is 29.9 Å². The number of carboxylic acid groups (broad SMARTS) is 1. The zero-order valence-electron chi connectivity index (χ0n) is 20.5. The molecule has 2 aromatic heterocycles. The third-order valence-electron chi connectivity index (χ3n) is 6.59. The average molecular weight is 519 g/mol. The van der Waals surface area contributed by atoms with Crippen molar-refractivity contribution in [2.75, 3.05) is 6.61 Å². The first-order chi connectivity index (χ1) is 18.3. The number of aryl methyl sites for hydroxylation is 2. The molecule has 0 bridgehead atoms. The van der Waals surface area contributed by atoms with Gasteiger partial charge in [-0.3, -0.25) is 9.36 Å². The molecule has 1 aliphatic rings. The highest BCUT2D eigenvalue weighted by Crippen LogP contribution is 2.32. The van der Waals surface area contributed by atoms with E-state index in [2.05, 4.69) is 15.0 Å². The Bertz CT molecular complexity index is 1470. The molecule has 1 saturated heterocycles. The number of carbonyl (C=O) groups excluding carboxylic acids is 1. The average Bonchev–Trinajstić information content (AvgIpc) is 3.48. The number of benzene rings is 2. The maximum absolute atomic E-state index is 12.6. The molecule has 3 heterocycles. The summed E-state index contributed by atoms with van der Waals surface area (Å²) in [5.74, 6) is -0.842. The molecule has 4 aromatic rings. The molecule has 0 aliphatic carbocycles. The molecule has 3 N–H and O–H groups in total. The van der Waals surface area contributed by atoms with Crippen molar-refractivity contribution < 1.29 is 34.4 Å². The van der Waals surface area contributed by atoms with E-state index >= 15 is 0 Å². The first-order valence-corrected chi connectivity index (χ1v) is 12.1. The smallest absolute Gasteiger partial charge is 0.336 e. The van der Waals surface area contributed by atoms with Gasteiger partial charge in [0.15, 0.2) is 17.7 Å². The van der Waals surface area contributed by atoms with Crippen molar-refractivity contribution in [3.63, 3.8) is 0 Å². The number of carbonyl (C=O) groups is 2. The largest absolute Gasteiger partial charge is 0.491 e. The number of nitrogens with zero attached hydrogens (tertiary/aromatic N) is 4. The Balaban J connectivity index is 1.17. The van der Waals surface area contributed by atoms with Crippen molar-refractivity contribution >= 4 is 22.9 Å². The minimum atomic E-state index is -1.21. The van der Waals surface area contributed by atoms with E-state index in [0.717, 1.165) is 5.56 Å². The molecule has 5 rings (SSSR count). The quantitative estimate of drug-likeness (QED) is 0.281. The van der Waals surface area contributed by atoms with Gasteiger partial charge in [0, 0.05) is 12.0 Å². The number of aromatic carboxylic acids is 1. The highest BCUT2D eigenvalue weighted by atomic mass is 16.6. The Hall–Kier alpha value is -4.19. The van der Waals surface area contributed by atoms with Crippen LogP contribution in [0.25, 0.3) is 11.2 Å². The van der Waals surface area contributed by atoms with Gasteiger partial charge < -0.3 is 24.8 Å². The Kier molecular flexibility index (Phi) is 7.14.